The van der Waals surface area contributed by atoms with Crippen molar-refractivity contribution in [2.75, 3.05) is 43.4 Å². The van der Waals surface area contributed by atoms with Crippen molar-refractivity contribution in [2.24, 2.45) is 5.92 Å². The first-order valence-electron chi connectivity index (χ1n) is 7.30. The van der Waals surface area contributed by atoms with E-state index in [4.69, 9.17) is 5.73 Å². The zero-order valence-corrected chi connectivity index (χ0v) is 12.2. The maximum absolute atomic E-state index is 11.3. The van der Waals surface area contributed by atoms with Crippen molar-refractivity contribution in [1.82, 2.24) is 14.9 Å². The van der Waals surface area contributed by atoms with Gasteiger partial charge < -0.3 is 10.6 Å². The first-order chi connectivity index (χ1) is 10.0. The lowest BCUT2D eigenvalue weighted by atomic mass is 10.2. The van der Waals surface area contributed by atoms with Crippen LogP contribution in [0, 0.1) is 23.0 Å². The van der Waals surface area contributed by atoms with Crippen molar-refractivity contribution >= 4 is 17.5 Å². The van der Waals surface area contributed by atoms with E-state index in [1.165, 1.54) is 12.8 Å². The molecule has 21 heavy (non-hydrogen) atoms. The molecule has 0 unspecified atom stereocenters. The Balaban J connectivity index is 1.76. The van der Waals surface area contributed by atoms with Gasteiger partial charge in [-0.05, 0) is 25.7 Å². The van der Waals surface area contributed by atoms with Crippen LogP contribution in [0.5, 0.6) is 0 Å². The maximum Gasteiger partial charge on any atom is 0.332 e. The fourth-order valence-corrected chi connectivity index (χ4v) is 2.82. The SMILES string of the molecule is Cc1nc(N)nc(N2CCN(CC3CC3)CC2)c1[N+](=O)[O-]. The van der Waals surface area contributed by atoms with E-state index in [9.17, 15) is 10.1 Å². The molecule has 1 saturated heterocycles. The number of aryl methyl sites for hydroxylation is 1. The minimum absolute atomic E-state index is 0.0279. The molecule has 0 aromatic carbocycles. The molecule has 2 heterocycles. The summed E-state index contributed by atoms with van der Waals surface area (Å²) in [6.45, 7) is 6.06. The van der Waals surface area contributed by atoms with Gasteiger partial charge in [0.1, 0.15) is 5.69 Å². The monoisotopic (exact) mass is 292 g/mol. The third kappa shape index (κ3) is 3.05. The number of nitrogen functional groups attached to an aromatic ring is 1. The van der Waals surface area contributed by atoms with Gasteiger partial charge in [-0.3, -0.25) is 15.0 Å². The van der Waals surface area contributed by atoms with E-state index in [2.05, 4.69) is 14.9 Å². The largest absolute Gasteiger partial charge is 0.368 e. The fraction of sp³-hybridized carbons (Fsp3) is 0.692. The van der Waals surface area contributed by atoms with Crippen LogP contribution in [0.3, 0.4) is 0 Å². The van der Waals surface area contributed by atoms with Crippen molar-refractivity contribution in [3.05, 3.63) is 15.8 Å². The second-order valence-corrected chi connectivity index (χ2v) is 5.83. The van der Waals surface area contributed by atoms with E-state index in [0.29, 0.717) is 11.5 Å². The average molecular weight is 292 g/mol. The third-order valence-electron chi connectivity index (χ3n) is 4.12. The van der Waals surface area contributed by atoms with Crippen molar-refractivity contribution in [2.45, 2.75) is 19.8 Å². The van der Waals surface area contributed by atoms with Crippen LogP contribution in [0.2, 0.25) is 0 Å². The van der Waals surface area contributed by atoms with Crippen LogP contribution in [0.25, 0.3) is 0 Å². The highest BCUT2D eigenvalue weighted by atomic mass is 16.6. The lowest BCUT2D eigenvalue weighted by molar-refractivity contribution is -0.385. The van der Waals surface area contributed by atoms with Crippen molar-refractivity contribution in [1.29, 1.82) is 0 Å². The molecular formula is C13H20N6O2. The predicted molar refractivity (Wildman–Crippen MR) is 79.2 cm³/mol. The van der Waals surface area contributed by atoms with E-state index in [1.54, 1.807) is 6.92 Å². The number of piperazine rings is 1. The van der Waals surface area contributed by atoms with Gasteiger partial charge in [0, 0.05) is 32.7 Å². The minimum atomic E-state index is -0.416. The van der Waals surface area contributed by atoms with Crippen LogP contribution in [0.4, 0.5) is 17.5 Å². The van der Waals surface area contributed by atoms with Crippen LogP contribution >= 0.6 is 0 Å². The average Bonchev–Trinajstić information content (AvgIpc) is 3.22. The van der Waals surface area contributed by atoms with Gasteiger partial charge in [0.05, 0.1) is 4.92 Å². The van der Waals surface area contributed by atoms with Crippen molar-refractivity contribution in [3.8, 4) is 0 Å². The molecule has 0 atom stereocenters. The van der Waals surface area contributed by atoms with E-state index in [-0.39, 0.29) is 11.6 Å². The summed E-state index contributed by atoms with van der Waals surface area (Å²) in [5, 5.41) is 11.3. The molecule has 3 rings (SSSR count). The third-order valence-corrected chi connectivity index (χ3v) is 4.12. The standard InChI is InChI=1S/C13H20N6O2/c1-9-11(19(20)21)12(16-13(14)15-9)18-6-4-17(5-7-18)8-10-2-3-10/h10H,2-8H2,1H3,(H2,14,15,16). The molecule has 8 heteroatoms. The van der Waals surface area contributed by atoms with Crippen molar-refractivity contribution in [3.63, 3.8) is 0 Å². The molecule has 2 fully saturated rings. The molecule has 8 nitrogen and oxygen atoms in total. The fourth-order valence-electron chi connectivity index (χ4n) is 2.82. The Morgan fingerprint density at radius 2 is 1.95 bits per heavy atom. The Bertz CT molecular complexity index is 552. The Morgan fingerprint density at radius 3 is 2.52 bits per heavy atom. The number of nitrogens with two attached hydrogens (primary N) is 1. The Kier molecular flexibility index (Phi) is 3.62. The second-order valence-electron chi connectivity index (χ2n) is 5.83. The zero-order valence-electron chi connectivity index (χ0n) is 12.2. The van der Waals surface area contributed by atoms with Crippen LogP contribution in [-0.4, -0.2) is 52.5 Å². The van der Waals surface area contributed by atoms with E-state index in [1.807, 2.05) is 4.90 Å². The summed E-state index contributed by atoms with van der Waals surface area (Å²) >= 11 is 0. The lowest BCUT2D eigenvalue weighted by Crippen LogP contribution is -2.47. The highest BCUT2D eigenvalue weighted by Gasteiger charge is 2.30. The lowest BCUT2D eigenvalue weighted by Gasteiger charge is -2.35. The zero-order chi connectivity index (χ0) is 15.0. The molecule has 1 aromatic heterocycles. The quantitative estimate of drug-likeness (QED) is 0.647. The van der Waals surface area contributed by atoms with Gasteiger partial charge in [0.2, 0.25) is 11.8 Å². The Morgan fingerprint density at radius 1 is 1.29 bits per heavy atom. The number of anilines is 2. The summed E-state index contributed by atoms with van der Waals surface area (Å²) in [7, 11) is 0. The topological polar surface area (TPSA) is 101 Å². The highest BCUT2D eigenvalue weighted by Crippen LogP contribution is 2.32. The number of aromatic nitrogens is 2. The first-order valence-corrected chi connectivity index (χ1v) is 7.30. The number of hydrogen-bond donors (Lipinski definition) is 1. The Labute approximate surface area is 123 Å². The number of nitro groups is 1. The van der Waals surface area contributed by atoms with Gasteiger partial charge in [0.25, 0.3) is 0 Å². The molecule has 0 amide bonds. The summed E-state index contributed by atoms with van der Waals surface area (Å²) in [4.78, 5) is 23.2. The predicted octanol–water partition coefficient (Wildman–Crippen LogP) is 0.807. The van der Waals surface area contributed by atoms with Crippen LogP contribution < -0.4 is 10.6 Å². The molecular weight excluding hydrogens is 272 g/mol. The maximum atomic E-state index is 11.3. The van der Waals surface area contributed by atoms with Gasteiger partial charge >= 0.3 is 5.69 Å². The summed E-state index contributed by atoms with van der Waals surface area (Å²) < 4.78 is 0. The smallest absolute Gasteiger partial charge is 0.332 e. The number of hydrogen-bond acceptors (Lipinski definition) is 7. The molecule has 0 bridgehead atoms. The molecule has 0 radical (unpaired) electrons. The number of nitrogens with zero attached hydrogens (tertiary/aromatic N) is 5. The Hall–Kier alpha value is -1.96. The van der Waals surface area contributed by atoms with Gasteiger partial charge in [-0.1, -0.05) is 0 Å². The summed E-state index contributed by atoms with van der Waals surface area (Å²) in [5.74, 6) is 1.31. The summed E-state index contributed by atoms with van der Waals surface area (Å²) in [5.41, 5.74) is 5.95. The van der Waals surface area contributed by atoms with Gasteiger partial charge in [-0.15, -0.1) is 0 Å². The first kappa shape index (κ1) is 14.0. The van der Waals surface area contributed by atoms with Crippen LogP contribution in [0.15, 0.2) is 0 Å². The van der Waals surface area contributed by atoms with E-state index < -0.39 is 4.92 Å². The van der Waals surface area contributed by atoms with Crippen molar-refractivity contribution < 1.29 is 4.92 Å². The normalized spacial score (nSPS) is 19.8. The summed E-state index contributed by atoms with van der Waals surface area (Å²) in [6.07, 6.45) is 2.68. The molecule has 114 valence electrons. The molecule has 0 spiro atoms. The molecule has 1 aliphatic heterocycles. The molecule has 2 aliphatic rings. The van der Waals surface area contributed by atoms with E-state index in [0.717, 1.165) is 38.6 Å². The molecule has 1 aromatic rings. The van der Waals surface area contributed by atoms with Crippen LogP contribution in [0.1, 0.15) is 18.5 Å². The minimum Gasteiger partial charge on any atom is -0.368 e. The molecule has 1 aliphatic carbocycles. The molecule has 1 saturated carbocycles. The van der Waals surface area contributed by atoms with Gasteiger partial charge in [-0.2, -0.15) is 4.98 Å². The van der Waals surface area contributed by atoms with E-state index >= 15 is 0 Å². The molecule has 2 N–H and O–H groups in total. The highest BCUT2D eigenvalue weighted by molar-refractivity contribution is 5.62. The van der Waals surface area contributed by atoms with Gasteiger partial charge in [0.15, 0.2) is 0 Å². The summed E-state index contributed by atoms with van der Waals surface area (Å²) in [6, 6.07) is 0. The number of rotatable bonds is 4. The van der Waals surface area contributed by atoms with Crippen LogP contribution in [-0.2, 0) is 0 Å². The van der Waals surface area contributed by atoms with Gasteiger partial charge in [-0.25, -0.2) is 4.98 Å². The second kappa shape index (κ2) is 5.44.